The summed E-state index contributed by atoms with van der Waals surface area (Å²) in [5.41, 5.74) is 10.5. The molecule has 2 heterocycles. The van der Waals surface area contributed by atoms with Gasteiger partial charge in [0, 0.05) is 5.56 Å². The third-order valence-corrected chi connectivity index (χ3v) is 3.68. The SMILES string of the molecule is Cc1c(-c2ccccc2Cl)nn2c(N)cnc2c1C. The van der Waals surface area contributed by atoms with Crippen molar-refractivity contribution < 1.29 is 0 Å². The van der Waals surface area contributed by atoms with Crippen molar-refractivity contribution in [1.82, 2.24) is 14.6 Å². The number of aryl methyl sites for hydroxylation is 1. The average molecular weight is 273 g/mol. The minimum Gasteiger partial charge on any atom is -0.382 e. The number of rotatable bonds is 1. The molecule has 3 aromatic rings. The molecule has 0 unspecified atom stereocenters. The smallest absolute Gasteiger partial charge is 0.159 e. The summed E-state index contributed by atoms with van der Waals surface area (Å²) in [6.07, 6.45) is 1.62. The van der Waals surface area contributed by atoms with Crippen LogP contribution in [0.4, 0.5) is 5.82 Å². The highest BCUT2D eigenvalue weighted by Crippen LogP contribution is 2.31. The Bertz CT molecular complexity index is 776. The number of benzene rings is 1. The predicted molar refractivity (Wildman–Crippen MR) is 77.3 cm³/mol. The topological polar surface area (TPSA) is 56.2 Å². The van der Waals surface area contributed by atoms with E-state index >= 15 is 0 Å². The molecule has 0 atom stereocenters. The summed E-state index contributed by atoms with van der Waals surface area (Å²) < 4.78 is 1.65. The lowest BCUT2D eigenvalue weighted by molar-refractivity contribution is 0.933. The zero-order valence-electron chi connectivity index (χ0n) is 10.7. The van der Waals surface area contributed by atoms with E-state index in [2.05, 4.69) is 10.1 Å². The van der Waals surface area contributed by atoms with Crippen LogP contribution in [0.1, 0.15) is 11.1 Å². The molecular formula is C14H13ClN4. The van der Waals surface area contributed by atoms with E-state index in [1.165, 1.54) is 0 Å². The van der Waals surface area contributed by atoms with E-state index in [4.69, 9.17) is 17.3 Å². The van der Waals surface area contributed by atoms with Gasteiger partial charge in [0.1, 0.15) is 5.82 Å². The molecule has 0 aliphatic carbocycles. The van der Waals surface area contributed by atoms with Gasteiger partial charge in [-0.25, -0.2) is 4.98 Å². The third-order valence-electron chi connectivity index (χ3n) is 3.35. The molecule has 0 radical (unpaired) electrons. The maximum Gasteiger partial charge on any atom is 0.159 e. The molecule has 5 heteroatoms. The summed E-state index contributed by atoms with van der Waals surface area (Å²) in [5.74, 6) is 0.520. The van der Waals surface area contributed by atoms with Gasteiger partial charge in [0.15, 0.2) is 5.65 Å². The summed E-state index contributed by atoms with van der Waals surface area (Å²) in [7, 11) is 0. The van der Waals surface area contributed by atoms with Crippen LogP contribution in [-0.2, 0) is 0 Å². The number of imidazole rings is 1. The standard InChI is InChI=1S/C14H13ClN4/c1-8-9(2)14-17-7-12(16)19(14)18-13(8)10-5-3-4-6-11(10)15/h3-7H,16H2,1-2H3. The fourth-order valence-corrected chi connectivity index (χ4v) is 2.37. The fraction of sp³-hybridized carbons (Fsp3) is 0.143. The Morgan fingerprint density at radius 3 is 2.63 bits per heavy atom. The highest BCUT2D eigenvalue weighted by Gasteiger charge is 2.14. The first-order chi connectivity index (χ1) is 9.09. The zero-order valence-corrected chi connectivity index (χ0v) is 11.4. The summed E-state index contributed by atoms with van der Waals surface area (Å²) >= 11 is 6.25. The number of halogens is 1. The highest BCUT2D eigenvalue weighted by atomic mass is 35.5. The van der Waals surface area contributed by atoms with Crippen molar-refractivity contribution in [2.45, 2.75) is 13.8 Å². The van der Waals surface area contributed by atoms with Crippen LogP contribution in [0, 0.1) is 13.8 Å². The molecule has 0 bridgehead atoms. The lowest BCUT2D eigenvalue weighted by Gasteiger charge is -2.11. The zero-order chi connectivity index (χ0) is 13.6. The van der Waals surface area contributed by atoms with Gasteiger partial charge < -0.3 is 5.73 Å². The van der Waals surface area contributed by atoms with Crippen LogP contribution in [0.25, 0.3) is 16.9 Å². The number of anilines is 1. The van der Waals surface area contributed by atoms with Crippen molar-refractivity contribution in [1.29, 1.82) is 0 Å². The van der Waals surface area contributed by atoms with Crippen LogP contribution in [0.3, 0.4) is 0 Å². The van der Waals surface area contributed by atoms with Crippen LogP contribution in [-0.4, -0.2) is 14.6 Å². The number of hydrogen-bond donors (Lipinski definition) is 1. The van der Waals surface area contributed by atoms with Crippen LogP contribution in [0.15, 0.2) is 30.5 Å². The molecular weight excluding hydrogens is 260 g/mol. The predicted octanol–water partition coefficient (Wildman–Crippen LogP) is 3.25. The second-order valence-electron chi connectivity index (χ2n) is 4.50. The van der Waals surface area contributed by atoms with Crippen molar-refractivity contribution in [3.8, 4) is 11.3 Å². The second-order valence-corrected chi connectivity index (χ2v) is 4.90. The first kappa shape index (κ1) is 12.0. The lowest BCUT2D eigenvalue weighted by Crippen LogP contribution is -2.04. The van der Waals surface area contributed by atoms with Gasteiger partial charge in [-0.2, -0.15) is 9.61 Å². The van der Waals surface area contributed by atoms with Crippen LogP contribution in [0.2, 0.25) is 5.02 Å². The Kier molecular flexibility index (Phi) is 2.68. The Morgan fingerprint density at radius 1 is 1.16 bits per heavy atom. The molecule has 4 nitrogen and oxygen atoms in total. The van der Waals surface area contributed by atoms with Crippen molar-refractivity contribution in [2.75, 3.05) is 5.73 Å². The minimum absolute atomic E-state index is 0.520. The molecule has 96 valence electrons. The number of aromatic nitrogens is 3. The van der Waals surface area contributed by atoms with E-state index in [1.54, 1.807) is 10.7 Å². The molecule has 0 fully saturated rings. The highest BCUT2D eigenvalue weighted by molar-refractivity contribution is 6.33. The van der Waals surface area contributed by atoms with Gasteiger partial charge in [-0.15, -0.1) is 0 Å². The van der Waals surface area contributed by atoms with Crippen molar-refractivity contribution >= 4 is 23.1 Å². The van der Waals surface area contributed by atoms with Gasteiger partial charge in [-0.3, -0.25) is 0 Å². The minimum atomic E-state index is 0.520. The number of nitrogens with two attached hydrogens (primary N) is 1. The van der Waals surface area contributed by atoms with E-state index in [1.807, 2.05) is 38.1 Å². The largest absolute Gasteiger partial charge is 0.382 e. The molecule has 3 rings (SSSR count). The summed E-state index contributed by atoms with van der Waals surface area (Å²) in [5, 5.41) is 5.25. The number of nitrogen functional groups attached to an aromatic ring is 1. The molecule has 0 amide bonds. The summed E-state index contributed by atoms with van der Waals surface area (Å²) in [6.45, 7) is 4.03. The Morgan fingerprint density at radius 2 is 1.89 bits per heavy atom. The van der Waals surface area contributed by atoms with Crippen LogP contribution < -0.4 is 5.73 Å². The van der Waals surface area contributed by atoms with Crippen LogP contribution >= 0.6 is 11.6 Å². The van der Waals surface area contributed by atoms with Gasteiger partial charge in [-0.1, -0.05) is 29.8 Å². The van der Waals surface area contributed by atoms with Gasteiger partial charge in [0.25, 0.3) is 0 Å². The first-order valence-corrected chi connectivity index (χ1v) is 6.32. The number of fused-ring (bicyclic) bond motifs is 1. The van der Waals surface area contributed by atoms with Gasteiger partial charge in [0.2, 0.25) is 0 Å². The average Bonchev–Trinajstić information content (AvgIpc) is 2.77. The number of nitrogens with zero attached hydrogens (tertiary/aromatic N) is 3. The molecule has 0 aliphatic rings. The molecule has 19 heavy (non-hydrogen) atoms. The van der Waals surface area contributed by atoms with E-state index in [0.717, 1.165) is 28.0 Å². The maximum absolute atomic E-state index is 6.25. The molecule has 0 saturated carbocycles. The summed E-state index contributed by atoms with van der Waals surface area (Å²) in [4.78, 5) is 4.28. The van der Waals surface area contributed by atoms with E-state index < -0.39 is 0 Å². The first-order valence-electron chi connectivity index (χ1n) is 5.95. The molecule has 0 saturated heterocycles. The van der Waals surface area contributed by atoms with E-state index in [9.17, 15) is 0 Å². The van der Waals surface area contributed by atoms with Crippen LogP contribution in [0.5, 0.6) is 0 Å². The fourth-order valence-electron chi connectivity index (χ4n) is 2.15. The van der Waals surface area contributed by atoms with E-state index in [0.29, 0.717) is 10.8 Å². The monoisotopic (exact) mass is 272 g/mol. The maximum atomic E-state index is 6.25. The molecule has 2 N–H and O–H groups in total. The normalized spacial score (nSPS) is 11.1. The molecule has 0 spiro atoms. The van der Waals surface area contributed by atoms with Gasteiger partial charge in [-0.05, 0) is 31.0 Å². The number of hydrogen-bond acceptors (Lipinski definition) is 3. The second kappa shape index (κ2) is 4.24. The molecule has 2 aromatic heterocycles. The van der Waals surface area contributed by atoms with Gasteiger partial charge >= 0.3 is 0 Å². The van der Waals surface area contributed by atoms with Gasteiger partial charge in [0.05, 0.1) is 16.9 Å². The lowest BCUT2D eigenvalue weighted by atomic mass is 10.0. The van der Waals surface area contributed by atoms with Crippen molar-refractivity contribution in [3.63, 3.8) is 0 Å². The van der Waals surface area contributed by atoms with E-state index in [-0.39, 0.29) is 0 Å². The Balaban J connectivity index is 2.39. The third kappa shape index (κ3) is 1.76. The quantitative estimate of drug-likeness (QED) is 0.740. The van der Waals surface area contributed by atoms with Crippen molar-refractivity contribution in [2.24, 2.45) is 0 Å². The Labute approximate surface area is 115 Å². The van der Waals surface area contributed by atoms with Crippen molar-refractivity contribution in [3.05, 3.63) is 46.6 Å². The Hall–Kier alpha value is -2.07. The molecule has 1 aromatic carbocycles. The summed E-state index contributed by atoms with van der Waals surface area (Å²) in [6, 6.07) is 7.65. The molecule has 0 aliphatic heterocycles.